The highest BCUT2D eigenvalue weighted by molar-refractivity contribution is 5.27. The van der Waals surface area contributed by atoms with Gasteiger partial charge in [0, 0.05) is 0 Å². The largest absolute Gasteiger partial charge is 0.388 e. The van der Waals surface area contributed by atoms with Crippen LogP contribution in [0.2, 0.25) is 0 Å². The summed E-state index contributed by atoms with van der Waals surface area (Å²) in [5.41, 5.74) is 4.91. The quantitative estimate of drug-likeness (QED) is 0.827. The Balaban J connectivity index is 1.96. The van der Waals surface area contributed by atoms with E-state index in [9.17, 15) is 5.11 Å². The van der Waals surface area contributed by atoms with Crippen molar-refractivity contribution in [2.24, 2.45) is 0 Å². The molecule has 0 radical (unpaired) electrons. The molecule has 1 nitrogen and oxygen atoms in total. The van der Waals surface area contributed by atoms with Crippen molar-refractivity contribution >= 4 is 0 Å². The summed E-state index contributed by atoms with van der Waals surface area (Å²) in [7, 11) is 0. The van der Waals surface area contributed by atoms with Crippen molar-refractivity contribution in [2.45, 2.75) is 45.6 Å². The highest BCUT2D eigenvalue weighted by Crippen LogP contribution is 2.22. The van der Waals surface area contributed by atoms with E-state index in [1.807, 2.05) is 0 Å². The van der Waals surface area contributed by atoms with Crippen LogP contribution in [0.5, 0.6) is 0 Å². The SMILES string of the molecule is Cc1cccc(CCC(O)c2ccc(C(C)C)cc2)c1. The van der Waals surface area contributed by atoms with Gasteiger partial charge in [-0.2, -0.15) is 0 Å². The molecule has 2 aromatic carbocycles. The third-order valence-electron chi connectivity index (χ3n) is 3.78. The van der Waals surface area contributed by atoms with Gasteiger partial charge in [-0.15, -0.1) is 0 Å². The van der Waals surface area contributed by atoms with Crippen molar-refractivity contribution in [3.63, 3.8) is 0 Å². The highest BCUT2D eigenvalue weighted by Gasteiger charge is 2.08. The second-order valence-electron chi connectivity index (χ2n) is 5.86. The molecule has 1 heteroatoms. The van der Waals surface area contributed by atoms with Gasteiger partial charge in [-0.1, -0.05) is 67.9 Å². The van der Waals surface area contributed by atoms with Crippen molar-refractivity contribution in [1.82, 2.24) is 0 Å². The standard InChI is InChI=1S/C19H24O/c1-14(2)17-8-10-18(11-9-17)19(20)12-7-16-6-4-5-15(3)13-16/h4-6,8-11,13-14,19-20H,7,12H2,1-3H3. The molecule has 0 saturated heterocycles. The second-order valence-corrected chi connectivity index (χ2v) is 5.86. The van der Waals surface area contributed by atoms with E-state index >= 15 is 0 Å². The molecule has 2 aromatic rings. The normalized spacial score (nSPS) is 12.7. The lowest BCUT2D eigenvalue weighted by Gasteiger charge is -2.13. The van der Waals surface area contributed by atoms with E-state index in [1.165, 1.54) is 16.7 Å². The van der Waals surface area contributed by atoms with Crippen molar-refractivity contribution < 1.29 is 5.11 Å². The fraction of sp³-hybridized carbons (Fsp3) is 0.368. The number of rotatable bonds is 5. The zero-order valence-corrected chi connectivity index (χ0v) is 12.6. The maximum absolute atomic E-state index is 10.3. The number of aryl methyl sites for hydroxylation is 2. The first kappa shape index (κ1) is 14.8. The molecule has 0 spiro atoms. The van der Waals surface area contributed by atoms with E-state index in [1.54, 1.807) is 0 Å². The van der Waals surface area contributed by atoms with Crippen molar-refractivity contribution in [2.75, 3.05) is 0 Å². The molecule has 0 saturated carbocycles. The average Bonchev–Trinajstić information content (AvgIpc) is 2.45. The molecule has 0 aliphatic carbocycles. The molecule has 0 aliphatic heterocycles. The first-order valence-electron chi connectivity index (χ1n) is 7.39. The number of hydrogen-bond acceptors (Lipinski definition) is 1. The van der Waals surface area contributed by atoms with Crippen molar-refractivity contribution in [3.8, 4) is 0 Å². The number of benzene rings is 2. The predicted molar refractivity (Wildman–Crippen MR) is 85.0 cm³/mol. The Morgan fingerprint density at radius 1 is 0.950 bits per heavy atom. The zero-order valence-electron chi connectivity index (χ0n) is 12.6. The predicted octanol–water partition coefficient (Wildman–Crippen LogP) is 4.78. The van der Waals surface area contributed by atoms with Crippen LogP contribution in [-0.2, 0) is 6.42 Å². The van der Waals surface area contributed by atoms with Crippen molar-refractivity contribution in [1.29, 1.82) is 0 Å². The lowest BCUT2D eigenvalue weighted by Crippen LogP contribution is -2.00. The number of hydrogen-bond donors (Lipinski definition) is 1. The van der Waals surface area contributed by atoms with Gasteiger partial charge in [0.05, 0.1) is 6.10 Å². The highest BCUT2D eigenvalue weighted by atomic mass is 16.3. The summed E-state index contributed by atoms with van der Waals surface area (Å²) < 4.78 is 0. The van der Waals surface area contributed by atoms with Gasteiger partial charge >= 0.3 is 0 Å². The van der Waals surface area contributed by atoms with Gasteiger partial charge in [-0.05, 0) is 42.4 Å². The van der Waals surface area contributed by atoms with E-state index in [0.717, 1.165) is 18.4 Å². The molecule has 0 aromatic heterocycles. The maximum atomic E-state index is 10.3. The maximum Gasteiger partial charge on any atom is 0.0793 e. The van der Waals surface area contributed by atoms with Crippen LogP contribution < -0.4 is 0 Å². The van der Waals surface area contributed by atoms with Crippen molar-refractivity contribution in [3.05, 3.63) is 70.8 Å². The molecule has 0 fully saturated rings. The molecule has 20 heavy (non-hydrogen) atoms. The van der Waals surface area contributed by atoms with Gasteiger partial charge in [0.25, 0.3) is 0 Å². The Kier molecular flexibility index (Phi) is 4.97. The van der Waals surface area contributed by atoms with Gasteiger partial charge in [0.2, 0.25) is 0 Å². The Labute approximate surface area is 122 Å². The summed E-state index contributed by atoms with van der Waals surface area (Å²) in [6, 6.07) is 16.8. The first-order valence-corrected chi connectivity index (χ1v) is 7.39. The molecule has 0 amide bonds. The van der Waals surface area contributed by atoms with Gasteiger partial charge in [-0.3, -0.25) is 0 Å². The topological polar surface area (TPSA) is 20.2 Å². The minimum Gasteiger partial charge on any atom is -0.388 e. The second kappa shape index (κ2) is 6.71. The van der Waals surface area contributed by atoms with E-state index in [-0.39, 0.29) is 6.10 Å². The molecule has 1 N–H and O–H groups in total. The fourth-order valence-electron chi connectivity index (χ4n) is 2.44. The van der Waals surface area contributed by atoms with Crippen LogP contribution in [0.4, 0.5) is 0 Å². The lowest BCUT2D eigenvalue weighted by atomic mass is 9.97. The van der Waals surface area contributed by atoms with Gasteiger partial charge in [0.1, 0.15) is 0 Å². The third-order valence-corrected chi connectivity index (χ3v) is 3.78. The van der Waals surface area contributed by atoms with Gasteiger partial charge < -0.3 is 5.11 Å². The summed E-state index contributed by atoms with van der Waals surface area (Å²) in [6.45, 7) is 6.47. The summed E-state index contributed by atoms with van der Waals surface area (Å²) >= 11 is 0. The Hall–Kier alpha value is -1.60. The van der Waals surface area contributed by atoms with E-state index in [4.69, 9.17) is 0 Å². The van der Waals surface area contributed by atoms with Gasteiger partial charge in [0.15, 0.2) is 0 Å². The van der Waals surface area contributed by atoms with Crippen LogP contribution in [0.3, 0.4) is 0 Å². The first-order chi connectivity index (χ1) is 9.56. The van der Waals surface area contributed by atoms with Crippen LogP contribution >= 0.6 is 0 Å². The Bertz CT molecular complexity index is 540. The Morgan fingerprint density at radius 3 is 2.20 bits per heavy atom. The van der Waals surface area contributed by atoms with Crippen LogP contribution in [0.25, 0.3) is 0 Å². The molecule has 0 bridgehead atoms. The van der Waals surface area contributed by atoms with Crippen LogP contribution in [0.15, 0.2) is 48.5 Å². The fourth-order valence-corrected chi connectivity index (χ4v) is 2.44. The molecular weight excluding hydrogens is 244 g/mol. The lowest BCUT2D eigenvalue weighted by molar-refractivity contribution is 0.168. The van der Waals surface area contributed by atoms with E-state index in [2.05, 4.69) is 69.3 Å². The minimum atomic E-state index is -0.378. The summed E-state index contributed by atoms with van der Waals surface area (Å²) in [6.07, 6.45) is 1.30. The minimum absolute atomic E-state index is 0.378. The summed E-state index contributed by atoms with van der Waals surface area (Å²) in [5, 5.41) is 10.3. The zero-order chi connectivity index (χ0) is 14.5. The van der Waals surface area contributed by atoms with Crippen LogP contribution in [0.1, 0.15) is 54.5 Å². The monoisotopic (exact) mass is 268 g/mol. The number of aliphatic hydroxyl groups excluding tert-OH is 1. The van der Waals surface area contributed by atoms with E-state index < -0.39 is 0 Å². The molecule has 0 aliphatic rings. The van der Waals surface area contributed by atoms with Crippen LogP contribution in [-0.4, -0.2) is 5.11 Å². The molecule has 1 atom stereocenters. The van der Waals surface area contributed by atoms with Gasteiger partial charge in [-0.25, -0.2) is 0 Å². The third kappa shape index (κ3) is 3.94. The molecule has 0 heterocycles. The smallest absolute Gasteiger partial charge is 0.0793 e. The number of aliphatic hydroxyl groups is 1. The molecule has 1 unspecified atom stereocenters. The van der Waals surface area contributed by atoms with Crippen LogP contribution in [0, 0.1) is 6.92 Å². The molecule has 2 rings (SSSR count). The summed E-state index contributed by atoms with van der Waals surface area (Å²) in [5.74, 6) is 0.536. The average molecular weight is 268 g/mol. The molecule has 106 valence electrons. The Morgan fingerprint density at radius 2 is 1.60 bits per heavy atom. The van der Waals surface area contributed by atoms with E-state index in [0.29, 0.717) is 5.92 Å². The summed E-state index contributed by atoms with van der Waals surface area (Å²) in [4.78, 5) is 0. The molecular formula is C19H24O.